The Hall–Kier alpha value is -2.82. The summed E-state index contributed by atoms with van der Waals surface area (Å²) >= 11 is 0. The van der Waals surface area contributed by atoms with Crippen LogP contribution in [-0.2, 0) is 14.3 Å². The van der Waals surface area contributed by atoms with Crippen LogP contribution in [0.3, 0.4) is 0 Å². The van der Waals surface area contributed by atoms with Gasteiger partial charge in [-0.3, -0.25) is 0 Å². The molecule has 0 radical (unpaired) electrons. The van der Waals surface area contributed by atoms with Crippen LogP contribution >= 0.6 is 0 Å². The summed E-state index contributed by atoms with van der Waals surface area (Å²) in [7, 11) is 0. The molecule has 0 unspecified atom stereocenters. The van der Waals surface area contributed by atoms with Gasteiger partial charge < -0.3 is 14.2 Å². The largest absolute Gasteiger partial charge is 0.494 e. The molecule has 0 aliphatic heterocycles. The van der Waals surface area contributed by atoms with Gasteiger partial charge in [0, 0.05) is 0 Å². The Bertz CT molecular complexity index is 826. The van der Waals surface area contributed by atoms with Gasteiger partial charge in [0.05, 0.1) is 18.8 Å². The first kappa shape index (κ1) is 26.4. The van der Waals surface area contributed by atoms with Crippen LogP contribution in [0.15, 0.2) is 48.5 Å². The highest BCUT2D eigenvalue weighted by Gasteiger charge is 2.20. The number of esters is 2. The Morgan fingerprint density at radius 2 is 1.30 bits per heavy atom. The molecule has 0 heterocycles. The average Bonchev–Trinajstić information content (AvgIpc) is 2.84. The summed E-state index contributed by atoms with van der Waals surface area (Å²) in [6.45, 7) is 6.85. The molecular formula is C28H38O5. The fraction of sp³-hybridized carbons (Fsp3) is 0.500. The summed E-state index contributed by atoms with van der Waals surface area (Å²) in [5.74, 6) is -0.195. The van der Waals surface area contributed by atoms with E-state index >= 15 is 0 Å². The summed E-state index contributed by atoms with van der Waals surface area (Å²) < 4.78 is 16.2. The number of benzene rings is 2. The molecule has 0 aliphatic carbocycles. The van der Waals surface area contributed by atoms with E-state index in [0.717, 1.165) is 42.7 Å². The molecule has 5 heteroatoms. The van der Waals surface area contributed by atoms with Gasteiger partial charge in [0.2, 0.25) is 0 Å². The van der Waals surface area contributed by atoms with Crippen molar-refractivity contribution in [3.05, 3.63) is 54.1 Å². The average molecular weight is 455 g/mol. The molecule has 0 saturated heterocycles. The van der Waals surface area contributed by atoms with Crippen LogP contribution in [0.25, 0.3) is 11.1 Å². The topological polar surface area (TPSA) is 61.8 Å². The van der Waals surface area contributed by atoms with Crippen molar-refractivity contribution in [3.63, 3.8) is 0 Å². The summed E-state index contributed by atoms with van der Waals surface area (Å²) in [6, 6.07) is 15.1. The van der Waals surface area contributed by atoms with Gasteiger partial charge in [-0.1, -0.05) is 76.6 Å². The minimum atomic E-state index is -0.932. The third-order valence-electron chi connectivity index (χ3n) is 5.43. The molecule has 1 atom stereocenters. The molecule has 2 rings (SSSR count). The summed E-state index contributed by atoms with van der Waals surface area (Å²) in [5.41, 5.74) is 2.42. The second kappa shape index (κ2) is 15.1. The molecule has 0 spiro atoms. The van der Waals surface area contributed by atoms with E-state index in [-0.39, 0.29) is 0 Å². The predicted octanol–water partition coefficient (Wildman–Crippen LogP) is 6.98. The highest BCUT2D eigenvalue weighted by atomic mass is 16.6. The van der Waals surface area contributed by atoms with Gasteiger partial charge in [0.25, 0.3) is 0 Å². The number of unbranched alkanes of at least 4 members (excludes halogenated alkanes) is 6. The maximum atomic E-state index is 12.3. The maximum absolute atomic E-state index is 12.3. The van der Waals surface area contributed by atoms with E-state index in [2.05, 4.69) is 6.92 Å². The summed E-state index contributed by atoms with van der Waals surface area (Å²) in [5, 5.41) is 0. The third-order valence-corrected chi connectivity index (χ3v) is 5.43. The van der Waals surface area contributed by atoms with Crippen LogP contribution in [0.5, 0.6) is 5.75 Å². The second-order valence-electron chi connectivity index (χ2n) is 8.29. The van der Waals surface area contributed by atoms with Crippen molar-refractivity contribution in [2.45, 2.75) is 78.2 Å². The van der Waals surface area contributed by atoms with Crippen molar-refractivity contribution in [1.29, 1.82) is 0 Å². The Morgan fingerprint density at radius 1 is 0.727 bits per heavy atom. The lowest BCUT2D eigenvalue weighted by Gasteiger charge is -2.13. The molecule has 0 N–H and O–H groups in total. The first-order valence-corrected chi connectivity index (χ1v) is 12.3. The lowest BCUT2D eigenvalue weighted by Crippen LogP contribution is -2.26. The van der Waals surface area contributed by atoms with Crippen LogP contribution in [0.2, 0.25) is 0 Å². The van der Waals surface area contributed by atoms with Gasteiger partial charge in [-0.15, -0.1) is 0 Å². The predicted molar refractivity (Wildman–Crippen MR) is 131 cm³/mol. The number of hydrogen-bond donors (Lipinski definition) is 0. The molecule has 0 bridgehead atoms. The van der Waals surface area contributed by atoms with E-state index in [4.69, 9.17) is 14.2 Å². The Kier molecular flexibility index (Phi) is 12.1. The van der Waals surface area contributed by atoms with Crippen LogP contribution in [-0.4, -0.2) is 31.3 Å². The standard InChI is InChI=1S/C28H38O5/c1-4-6-8-9-10-11-21-31-26-18-16-24(17-19-26)23-12-14-25(15-13-23)28(30)33-22(3)27(29)32-20-7-5-2/h12-19,22H,4-11,20-21H2,1-3H3/t22-/m0/s1. The number of ether oxygens (including phenoxy) is 3. The normalized spacial score (nSPS) is 11.6. The quantitative estimate of drug-likeness (QED) is 0.214. The molecule has 2 aromatic rings. The van der Waals surface area contributed by atoms with E-state index < -0.39 is 18.0 Å². The number of hydrogen-bond acceptors (Lipinski definition) is 5. The van der Waals surface area contributed by atoms with Crippen molar-refractivity contribution < 1.29 is 23.8 Å². The van der Waals surface area contributed by atoms with E-state index in [1.54, 1.807) is 12.1 Å². The molecule has 0 aliphatic rings. The number of carbonyl (C=O) groups is 2. The molecule has 0 amide bonds. The zero-order valence-corrected chi connectivity index (χ0v) is 20.3. The van der Waals surface area contributed by atoms with Gasteiger partial charge in [0.15, 0.2) is 6.10 Å². The SMILES string of the molecule is CCCCCCCCOc1ccc(-c2ccc(C(=O)O[C@@H](C)C(=O)OCCCC)cc2)cc1. The molecule has 5 nitrogen and oxygen atoms in total. The maximum Gasteiger partial charge on any atom is 0.347 e. The molecule has 2 aromatic carbocycles. The Labute approximate surface area is 198 Å². The highest BCUT2D eigenvalue weighted by molar-refractivity contribution is 5.92. The minimum absolute atomic E-state index is 0.342. The Morgan fingerprint density at radius 3 is 1.94 bits per heavy atom. The van der Waals surface area contributed by atoms with Crippen molar-refractivity contribution in [2.24, 2.45) is 0 Å². The fourth-order valence-electron chi connectivity index (χ4n) is 3.33. The van der Waals surface area contributed by atoms with Crippen molar-refractivity contribution in [1.82, 2.24) is 0 Å². The monoisotopic (exact) mass is 454 g/mol. The van der Waals surface area contributed by atoms with E-state index in [1.807, 2.05) is 43.3 Å². The van der Waals surface area contributed by atoms with Gasteiger partial charge >= 0.3 is 11.9 Å². The van der Waals surface area contributed by atoms with Crippen molar-refractivity contribution in [3.8, 4) is 16.9 Å². The number of carbonyl (C=O) groups excluding carboxylic acids is 2. The molecular weight excluding hydrogens is 416 g/mol. The zero-order chi connectivity index (χ0) is 23.9. The van der Waals surface area contributed by atoms with Gasteiger partial charge in [0.1, 0.15) is 5.75 Å². The summed E-state index contributed by atoms with van der Waals surface area (Å²) in [6.07, 6.45) is 8.26. The second-order valence-corrected chi connectivity index (χ2v) is 8.29. The van der Waals surface area contributed by atoms with E-state index in [0.29, 0.717) is 12.2 Å². The fourth-order valence-corrected chi connectivity index (χ4v) is 3.33. The Balaban J connectivity index is 1.80. The zero-order valence-electron chi connectivity index (χ0n) is 20.3. The molecule has 0 fully saturated rings. The van der Waals surface area contributed by atoms with E-state index in [1.165, 1.54) is 39.0 Å². The lowest BCUT2D eigenvalue weighted by atomic mass is 10.0. The lowest BCUT2D eigenvalue weighted by molar-refractivity contribution is -0.153. The molecule has 33 heavy (non-hydrogen) atoms. The minimum Gasteiger partial charge on any atom is -0.494 e. The third kappa shape index (κ3) is 9.68. The molecule has 0 aromatic heterocycles. The molecule has 0 saturated carbocycles. The van der Waals surface area contributed by atoms with Gasteiger partial charge in [-0.05, 0) is 55.2 Å². The van der Waals surface area contributed by atoms with Crippen LogP contribution in [0.4, 0.5) is 0 Å². The number of rotatable bonds is 15. The van der Waals surface area contributed by atoms with Crippen LogP contribution in [0.1, 0.15) is 82.5 Å². The van der Waals surface area contributed by atoms with Crippen LogP contribution in [0, 0.1) is 0 Å². The van der Waals surface area contributed by atoms with Crippen LogP contribution < -0.4 is 4.74 Å². The highest BCUT2D eigenvalue weighted by Crippen LogP contribution is 2.23. The first-order chi connectivity index (χ1) is 16.0. The van der Waals surface area contributed by atoms with Crippen molar-refractivity contribution in [2.75, 3.05) is 13.2 Å². The molecule has 180 valence electrons. The van der Waals surface area contributed by atoms with E-state index in [9.17, 15) is 9.59 Å². The summed E-state index contributed by atoms with van der Waals surface area (Å²) in [4.78, 5) is 24.2. The smallest absolute Gasteiger partial charge is 0.347 e. The van der Waals surface area contributed by atoms with Crippen molar-refractivity contribution >= 4 is 11.9 Å². The van der Waals surface area contributed by atoms with Gasteiger partial charge in [-0.25, -0.2) is 9.59 Å². The van der Waals surface area contributed by atoms with Gasteiger partial charge in [-0.2, -0.15) is 0 Å². The first-order valence-electron chi connectivity index (χ1n) is 12.3.